The standard InChI is InChI=1S/C27H29FN4O3/c1-18-5-6-21(17-25(18)35-4)27(34)31-15-13-30(14-16-31)26(33)12-11-24-19(2)29-32(20(24)3)23-9-7-22(28)8-10-23/h5-12,17H,13-16H2,1-4H3/b12-11+. The minimum atomic E-state index is -0.304. The van der Waals surface area contributed by atoms with Gasteiger partial charge in [-0.15, -0.1) is 0 Å². The molecule has 182 valence electrons. The highest BCUT2D eigenvalue weighted by Gasteiger charge is 2.24. The van der Waals surface area contributed by atoms with Crippen molar-refractivity contribution in [3.05, 3.63) is 82.4 Å². The number of piperazine rings is 1. The van der Waals surface area contributed by atoms with Crippen LogP contribution < -0.4 is 4.74 Å². The highest BCUT2D eigenvalue weighted by atomic mass is 19.1. The van der Waals surface area contributed by atoms with E-state index < -0.39 is 0 Å². The van der Waals surface area contributed by atoms with E-state index in [0.29, 0.717) is 37.5 Å². The van der Waals surface area contributed by atoms with Crippen molar-refractivity contribution in [1.29, 1.82) is 0 Å². The molecule has 35 heavy (non-hydrogen) atoms. The summed E-state index contributed by atoms with van der Waals surface area (Å²) < 4.78 is 20.3. The van der Waals surface area contributed by atoms with Gasteiger partial charge in [-0.3, -0.25) is 9.59 Å². The zero-order valence-corrected chi connectivity index (χ0v) is 20.4. The van der Waals surface area contributed by atoms with Crippen LogP contribution in [0.1, 0.15) is 32.9 Å². The lowest BCUT2D eigenvalue weighted by Gasteiger charge is -2.34. The molecular formula is C27H29FN4O3. The van der Waals surface area contributed by atoms with E-state index in [1.165, 1.54) is 12.1 Å². The number of hydrogen-bond acceptors (Lipinski definition) is 4. The molecular weight excluding hydrogens is 447 g/mol. The van der Waals surface area contributed by atoms with Gasteiger partial charge in [-0.1, -0.05) is 6.07 Å². The molecule has 0 radical (unpaired) electrons. The normalized spacial score (nSPS) is 14.0. The molecule has 0 unspecified atom stereocenters. The number of carbonyl (C=O) groups is 2. The van der Waals surface area contributed by atoms with Gasteiger partial charge in [0, 0.05) is 49.1 Å². The predicted molar refractivity (Wildman–Crippen MR) is 132 cm³/mol. The van der Waals surface area contributed by atoms with Crippen molar-refractivity contribution in [2.24, 2.45) is 0 Å². The first-order valence-electron chi connectivity index (χ1n) is 11.5. The van der Waals surface area contributed by atoms with Gasteiger partial charge >= 0.3 is 0 Å². The third-order valence-electron chi connectivity index (χ3n) is 6.34. The van der Waals surface area contributed by atoms with E-state index in [0.717, 1.165) is 28.2 Å². The third-order valence-corrected chi connectivity index (χ3v) is 6.34. The Kier molecular flexibility index (Phi) is 7.00. The van der Waals surface area contributed by atoms with Gasteiger partial charge in [0.15, 0.2) is 0 Å². The lowest BCUT2D eigenvalue weighted by molar-refractivity contribution is -0.127. The van der Waals surface area contributed by atoms with Gasteiger partial charge in [0.05, 0.1) is 18.5 Å². The second kappa shape index (κ2) is 10.1. The number of ether oxygens (including phenoxy) is 1. The van der Waals surface area contributed by atoms with Gasteiger partial charge in [-0.25, -0.2) is 9.07 Å². The molecule has 0 atom stereocenters. The van der Waals surface area contributed by atoms with Crippen LogP contribution in [0, 0.1) is 26.6 Å². The van der Waals surface area contributed by atoms with Crippen molar-refractivity contribution in [3.63, 3.8) is 0 Å². The lowest BCUT2D eigenvalue weighted by Crippen LogP contribution is -2.50. The molecule has 7 nitrogen and oxygen atoms in total. The Morgan fingerprint density at radius 1 is 0.971 bits per heavy atom. The monoisotopic (exact) mass is 476 g/mol. The van der Waals surface area contributed by atoms with E-state index in [-0.39, 0.29) is 17.6 Å². The van der Waals surface area contributed by atoms with Crippen LogP contribution in [-0.2, 0) is 4.79 Å². The summed E-state index contributed by atoms with van der Waals surface area (Å²) in [5.74, 6) is 0.206. The molecule has 0 aliphatic carbocycles. The average molecular weight is 477 g/mol. The molecule has 4 rings (SSSR count). The molecule has 2 aromatic carbocycles. The van der Waals surface area contributed by atoms with Crippen molar-refractivity contribution in [1.82, 2.24) is 19.6 Å². The number of rotatable bonds is 5. The number of aryl methyl sites for hydroxylation is 2. The van der Waals surface area contributed by atoms with Crippen LogP contribution in [0.15, 0.2) is 48.5 Å². The molecule has 2 amide bonds. The maximum absolute atomic E-state index is 13.3. The molecule has 0 spiro atoms. The van der Waals surface area contributed by atoms with Crippen LogP contribution in [0.5, 0.6) is 5.75 Å². The van der Waals surface area contributed by atoms with Gasteiger partial charge < -0.3 is 14.5 Å². The average Bonchev–Trinajstić information content (AvgIpc) is 3.15. The summed E-state index contributed by atoms with van der Waals surface area (Å²) in [5, 5.41) is 4.54. The Bertz CT molecular complexity index is 1270. The minimum Gasteiger partial charge on any atom is -0.496 e. The fraction of sp³-hybridized carbons (Fsp3) is 0.296. The van der Waals surface area contributed by atoms with Crippen molar-refractivity contribution in [3.8, 4) is 11.4 Å². The summed E-state index contributed by atoms with van der Waals surface area (Å²) in [6.07, 6.45) is 3.32. The van der Waals surface area contributed by atoms with Gasteiger partial charge in [-0.2, -0.15) is 5.10 Å². The first kappa shape index (κ1) is 24.2. The quantitative estimate of drug-likeness (QED) is 0.523. The second-order valence-electron chi connectivity index (χ2n) is 8.61. The molecule has 0 N–H and O–H groups in total. The van der Waals surface area contributed by atoms with Gasteiger partial charge in [0.1, 0.15) is 11.6 Å². The maximum atomic E-state index is 13.3. The van der Waals surface area contributed by atoms with Gasteiger partial charge in [0.2, 0.25) is 5.91 Å². The summed E-state index contributed by atoms with van der Waals surface area (Å²) in [7, 11) is 1.59. The second-order valence-corrected chi connectivity index (χ2v) is 8.61. The van der Waals surface area contributed by atoms with Crippen molar-refractivity contribution < 1.29 is 18.7 Å². The van der Waals surface area contributed by atoms with E-state index in [4.69, 9.17) is 4.74 Å². The maximum Gasteiger partial charge on any atom is 0.254 e. The third kappa shape index (κ3) is 5.11. The number of halogens is 1. The molecule has 0 bridgehead atoms. The molecule has 1 saturated heterocycles. The zero-order chi connectivity index (χ0) is 25.1. The number of nitrogens with zero attached hydrogens (tertiary/aromatic N) is 4. The highest BCUT2D eigenvalue weighted by Crippen LogP contribution is 2.22. The van der Waals surface area contributed by atoms with Crippen LogP contribution in [0.4, 0.5) is 4.39 Å². The Labute approximate surface area is 204 Å². The Morgan fingerprint density at radius 3 is 2.29 bits per heavy atom. The zero-order valence-electron chi connectivity index (χ0n) is 20.4. The molecule has 8 heteroatoms. The van der Waals surface area contributed by atoms with Crippen LogP contribution in [0.3, 0.4) is 0 Å². The Morgan fingerprint density at radius 2 is 1.63 bits per heavy atom. The molecule has 1 aliphatic heterocycles. The summed E-state index contributed by atoms with van der Waals surface area (Å²) in [4.78, 5) is 29.2. The number of carbonyl (C=O) groups excluding carboxylic acids is 2. The molecule has 1 fully saturated rings. The number of benzene rings is 2. The number of hydrogen-bond donors (Lipinski definition) is 0. The molecule has 1 aromatic heterocycles. The largest absolute Gasteiger partial charge is 0.496 e. The van der Waals surface area contributed by atoms with Crippen molar-refractivity contribution >= 4 is 17.9 Å². The van der Waals surface area contributed by atoms with E-state index >= 15 is 0 Å². The Hall–Kier alpha value is -3.94. The lowest BCUT2D eigenvalue weighted by atomic mass is 10.1. The van der Waals surface area contributed by atoms with Crippen molar-refractivity contribution in [2.45, 2.75) is 20.8 Å². The molecule has 2 heterocycles. The summed E-state index contributed by atoms with van der Waals surface area (Å²) in [5.41, 5.74) is 4.80. The number of methoxy groups -OCH3 is 1. The van der Waals surface area contributed by atoms with Gasteiger partial charge in [-0.05, 0) is 68.8 Å². The van der Waals surface area contributed by atoms with Crippen LogP contribution in [-0.4, -0.2) is 64.7 Å². The van der Waals surface area contributed by atoms with Crippen LogP contribution >= 0.6 is 0 Å². The molecule has 3 aromatic rings. The topological polar surface area (TPSA) is 67.7 Å². The fourth-order valence-electron chi connectivity index (χ4n) is 4.26. The van der Waals surface area contributed by atoms with Crippen molar-refractivity contribution in [2.75, 3.05) is 33.3 Å². The van der Waals surface area contributed by atoms with E-state index in [1.54, 1.807) is 58.0 Å². The first-order valence-corrected chi connectivity index (χ1v) is 11.5. The van der Waals surface area contributed by atoms with Gasteiger partial charge in [0.25, 0.3) is 5.91 Å². The van der Waals surface area contributed by atoms with E-state index in [9.17, 15) is 14.0 Å². The van der Waals surface area contributed by atoms with Crippen LogP contribution in [0.25, 0.3) is 11.8 Å². The SMILES string of the molecule is COc1cc(C(=O)N2CCN(C(=O)/C=C/c3c(C)nn(-c4ccc(F)cc4)c3C)CC2)ccc1C. The van der Waals surface area contributed by atoms with E-state index in [2.05, 4.69) is 5.10 Å². The number of aromatic nitrogens is 2. The smallest absolute Gasteiger partial charge is 0.254 e. The molecule has 1 aliphatic rings. The Balaban J connectivity index is 1.39. The summed E-state index contributed by atoms with van der Waals surface area (Å²) in [6, 6.07) is 11.6. The number of amides is 2. The molecule has 0 saturated carbocycles. The van der Waals surface area contributed by atoms with Crippen LogP contribution in [0.2, 0.25) is 0 Å². The summed E-state index contributed by atoms with van der Waals surface area (Å²) in [6.45, 7) is 7.58. The van der Waals surface area contributed by atoms with E-state index in [1.807, 2.05) is 26.8 Å². The first-order chi connectivity index (χ1) is 16.8. The minimum absolute atomic E-state index is 0.0644. The fourth-order valence-corrected chi connectivity index (χ4v) is 4.26. The summed E-state index contributed by atoms with van der Waals surface area (Å²) >= 11 is 0. The predicted octanol–water partition coefficient (Wildman–Crippen LogP) is 3.94. The highest BCUT2D eigenvalue weighted by molar-refractivity contribution is 5.95.